The SMILES string of the molecule is COc1ncc(-n2c(SCc3ccc(C(F)(F)F)cc3F)nn3nccc3c2=O)cc1F. The van der Waals surface area contributed by atoms with Crippen molar-refractivity contribution in [3.8, 4) is 11.6 Å². The van der Waals surface area contributed by atoms with E-state index < -0.39 is 28.9 Å². The third kappa shape index (κ3) is 4.02. The summed E-state index contributed by atoms with van der Waals surface area (Å²) in [7, 11) is 1.23. The Morgan fingerprint density at radius 3 is 2.56 bits per heavy atom. The number of nitrogens with zero attached hydrogens (tertiary/aromatic N) is 5. The third-order valence-electron chi connectivity index (χ3n) is 4.40. The molecule has 13 heteroatoms. The molecule has 1 aromatic carbocycles. The standard InChI is InChI=1S/C19H12F5N5O2S/c1-31-16-14(21)7-12(8-25-16)28-17(30)15-4-5-26-29(15)27-18(28)32-9-10-2-3-11(6-13(10)20)19(22,23)24/h2-8H,9H2,1H3. The molecule has 0 saturated heterocycles. The number of pyridine rings is 1. The highest BCUT2D eigenvalue weighted by Crippen LogP contribution is 2.32. The second-order valence-electron chi connectivity index (χ2n) is 6.41. The predicted molar refractivity (Wildman–Crippen MR) is 104 cm³/mol. The molecule has 0 radical (unpaired) electrons. The van der Waals surface area contributed by atoms with E-state index >= 15 is 0 Å². The van der Waals surface area contributed by atoms with Gasteiger partial charge in [-0.25, -0.2) is 13.8 Å². The maximum atomic E-state index is 14.2. The largest absolute Gasteiger partial charge is 0.479 e. The van der Waals surface area contributed by atoms with Crippen LogP contribution in [-0.2, 0) is 11.9 Å². The lowest BCUT2D eigenvalue weighted by Crippen LogP contribution is -2.24. The summed E-state index contributed by atoms with van der Waals surface area (Å²) in [6.45, 7) is 0. The van der Waals surface area contributed by atoms with Gasteiger partial charge in [0.2, 0.25) is 5.88 Å². The van der Waals surface area contributed by atoms with Crippen molar-refractivity contribution in [2.24, 2.45) is 0 Å². The smallest absolute Gasteiger partial charge is 0.416 e. The number of rotatable bonds is 5. The number of ether oxygens (including phenoxy) is 1. The number of benzene rings is 1. The van der Waals surface area contributed by atoms with Crippen LogP contribution in [0.1, 0.15) is 11.1 Å². The molecule has 4 rings (SSSR count). The van der Waals surface area contributed by atoms with Crippen molar-refractivity contribution in [1.29, 1.82) is 0 Å². The molecule has 4 aromatic rings. The molecule has 3 heterocycles. The molecule has 0 aliphatic heterocycles. The first kappa shape index (κ1) is 21.7. The van der Waals surface area contributed by atoms with Crippen molar-refractivity contribution in [3.05, 3.63) is 75.8 Å². The Morgan fingerprint density at radius 2 is 1.91 bits per heavy atom. The first-order chi connectivity index (χ1) is 15.2. The maximum Gasteiger partial charge on any atom is 0.416 e. The van der Waals surface area contributed by atoms with Gasteiger partial charge in [-0.1, -0.05) is 17.8 Å². The van der Waals surface area contributed by atoms with Gasteiger partial charge < -0.3 is 4.74 Å². The van der Waals surface area contributed by atoms with Crippen LogP contribution in [-0.4, -0.2) is 31.5 Å². The maximum absolute atomic E-state index is 14.2. The molecule has 3 aromatic heterocycles. The number of thioether (sulfide) groups is 1. The number of halogens is 5. The molecular formula is C19H12F5N5O2S. The summed E-state index contributed by atoms with van der Waals surface area (Å²) in [5, 5.41) is 8.09. The fraction of sp³-hybridized carbons (Fsp3) is 0.158. The lowest BCUT2D eigenvalue weighted by Gasteiger charge is -2.13. The average Bonchev–Trinajstić information content (AvgIpc) is 3.21. The van der Waals surface area contributed by atoms with E-state index in [0.29, 0.717) is 6.07 Å². The molecule has 0 unspecified atom stereocenters. The number of aromatic nitrogens is 5. The van der Waals surface area contributed by atoms with E-state index in [1.54, 1.807) is 0 Å². The van der Waals surface area contributed by atoms with Crippen molar-refractivity contribution < 1.29 is 26.7 Å². The van der Waals surface area contributed by atoms with Crippen molar-refractivity contribution in [1.82, 2.24) is 24.4 Å². The molecule has 0 aliphatic rings. The third-order valence-corrected chi connectivity index (χ3v) is 5.38. The fourth-order valence-electron chi connectivity index (χ4n) is 2.85. The Labute approximate surface area is 180 Å². The van der Waals surface area contributed by atoms with E-state index in [1.165, 1.54) is 25.6 Å². The molecule has 0 N–H and O–H groups in total. The molecule has 0 spiro atoms. The Bertz CT molecular complexity index is 1370. The van der Waals surface area contributed by atoms with Crippen LogP contribution in [0, 0.1) is 11.6 Å². The van der Waals surface area contributed by atoms with Gasteiger partial charge >= 0.3 is 6.18 Å². The zero-order valence-corrected chi connectivity index (χ0v) is 16.9. The number of methoxy groups -OCH3 is 1. The Kier molecular flexibility index (Phi) is 5.59. The highest BCUT2D eigenvalue weighted by Gasteiger charge is 2.31. The van der Waals surface area contributed by atoms with E-state index in [4.69, 9.17) is 4.74 Å². The molecule has 32 heavy (non-hydrogen) atoms. The normalized spacial score (nSPS) is 11.8. The van der Waals surface area contributed by atoms with Gasteiger partial charge in [0.05, 0.1) is 30.8 Å². The van der Waals surface area contributed by atoms with Crippen LogP contribution in [0.15, 0.2) is 52.7 Å². The molecule has 0 amide bonds. The second-order valence-corrected chi connectivity index (χ2v) is 7.35. The summed E-state index contributed by atoms with van der Waals surface area (Å²) >= 11 is 0.859. The van der Waals surface area contributed by atoms with Crippen LogP contribution >= 0.6 is 11.8 Å². The van der Waals surface area contributed by atoms with Crippen LogP contribution in [0.4, 0.5) is 22.0 Å². The van der Waals surface area contributed by atoms with Crippen molar-refractivity contribution >= 4 is 17.3 Å². The molecule has 0 bridgehead atoms. The number of alkyl halides is 3. The van der Waals surface area contributed by atoms with Crippen LogP contribution in [0.5, 0.6) is 5.88 Å². The van der Waals surface area contributed by atoms with Crippen molar-refractivity contribution in [2.45, 2.75) is 17.1 Å². The number of fused-ring (bicyclic) bond motifs is 1. The van der Waals surface area contributed by atoms with E-state index in [1.807, 2.05) is 0 Å². The molecule has 7 nitrogen and oxygen atoms in total. The number of hydrogen-bond acceptors (Lipinski definition) is 6. The first-order valence-corrected chi connectivity index (χ1v) is 9.83. The monoisotopic (exact) mass is 469 g/mol. The average molecular weight is 469 g/mol. The van der Waals surface area contributed by atoms with Crippen LogP contribution < -0.4 is 10.3 Å². The summed E-state index contributed by atoms with van der Waals surface area (Å²) in [4.78, 5) is 16.8. The zero-order valence-electron chi connectivity index (χ0n) is 16.1. The van der Waals surface area contributed by atoms with Gasteiger partial charge in [0.25, 0.3) is 5.56 Å². The van der Waals surface area contributed by atoms with Crippen LogP contribution in [0.2, 0.25) is 0 Å². The summed E-state index contributed by atoms with van der Waals surface area (Å²) in [5.74, 6) is -2.32. The van der Waals surface area contributed by atoms with E-state index in [-0.39, 0.29) is 33.6 Å². The molecule has 0 saturated carbocycles. The molecule has 166 valence electrons. The Balaban J connectivity index is 1.75. The summed E-state index contributed by atoms with van der Waals surface area (Å²) < 4.78 is 73.6. The van der Waals surface area contributed by atoms with E-state index in [9.17, 15) is 26.7 Å². The molecular weight excluding hydrogens is 457 g/mol. The van der Waals surface area contributed by atoms with Gasteiger partial charge in [-0.15, -0.1) is 9.73 Å². The van der Waals surface area contributed by atoms with Gasteiger partial charge in [-0.3, -0.25) is 9.36 Å². The molecule has 0 atom stereocenters. The van der Waals surface area contributed by atoms with Gasteiger partial charge in [0.1, 0.15) is 5.82 Å². The lowest BCUT2D eigenvalue weighted by molar-refractivity contribution is -0.137. The molecule has 0 fully saturated rings. The lowest BCUT2D eigenvalue weighted by atomic mass is 10.1. The Morgan fingerprint density at radius 1 is 1.12 bits per heavy atom. The first-order valence-electron chi connectivity index (χ1n) is 8.84. The Hall–Kier alpha value is -3.48. The highest BCUT2D eigenvalue weighted by atomic mass is 32.2. The van der Waals surface area contributed by atoms with Gasteiger partial charge in [-0.05, 0) is 23.8 Å². The highest BCUT2D eigenvalue weighted by molar-refractivity contribution is 7.98. The fourth-order valence-corrected chi connectivity index (χ4v) is 3.82. The summed E-state index contributed by atoms with van der Waals surface area (Å²) in [6.07, 6.45) is -2.14. The van der Waals surface area contributed by atoms with Crippen molar-refractivity contribution in [3.63, 3.8) is 0 Å². The topological polar surface area (TPSA) is 74.3 Å². The van der Waals surface area contributed by atoms with Gasteiger partial charge in [0.15, 0.2) is 16.5 Å². The zero-order chi connectivity index (χ0) is 23.0. The number of hydrogen-bond donors (Lipinski definition) is 0. The predicted octanol–water partition coefficient (Wildman–Crippen LogP) is 3.87. The van der Waals surface area contributed by atoms with Crippen LogP contribution in [0.3, 0.4) is 0 Å². The van der Waals surface area contributed by atoms with E-state index in [0.717, 1.165) is 39.2 Å². The summed E-state index contributed by atoms with van der Waals surface area (Å²) in [5.41, 5.74) is -1.63. The summed E-state index contributed by atoms with van der Waals surface area (Å²) in [6, 6.07) is 4.59. The van der Waals surface area contributed by atoms with Gasteiger partial charge in [-0.2, -0.15) is 18.3 Å². The second kappa shape index (κ2) is 8.22. The van der Waals surface area contributed by atoms with Crippen LogP contribution in [0.25, 0.3) is 11.2 Å². The van der Waals surface area contributed by atoms with Gasteiger partial charge in [0, 0.05) is 11.8 Å². The quantitative estimate of drug-likeness (QED) is 0.326. The minimum atomic E-state index is -4.68. The van der Waals surface area contributed by atoms with E-state index in [2.05, 4.69) is 15.2 Å². The minimum absolute atomic E-state index is 0.00290. The molecule has 0 aliphatic carbocycles. The van der Waals surface area contributed by atoms with Crippen molar-refractivity contribution in [2.75, 3.05) is 7.11 Å². The minimum Gasteiger partial charge on any atom is -0.479 e.